The minimum absolute atomic E-state index is 0.0270. The third-order valence-electron chi connectivity index (χ3n) is 3.73. The van der Waals surface area contributed by atoms with E-state index >= 15 is 0 Å². The van der Waals surface area contributed by atoms with E-state index < -0.39 is 0 Å². The molecule has 3 rings (SSSR count). The van der Waals surface area contributed by atoms with Crippen molar-refractivity contribution in [2.24, 2.45) is 0 Å². The van der Waals surface area contributed by atoms with Crippen molar-refractivity contribution in [3.05, 3.63) is 34.9 Å². The van der Waals surface area contributed by atoms with Crippen LogP contribution in [0, 0.1) is 20.8 Å². The van der Waals surface area contributed by atoms with Crippen molar-refractivity contribution < 1.29 is 14.0 Å². The van der Waals surface area contributed by atoms with Crippen LogP contribution in [0.5, 0.6) is 0 Å². The minimum Gasteiger partial charge on any atom is -0.466 e. The predicted molar refractivity (Wildman–Crippen MR) is 71.0 cm³/mol. The molecule has 108 valence electrons. The van der Waals surface area contributed by atoms with Crippen molar-refractivity contribution in [3.63, 3.8) is 0 Å². The van der Waals surface area contributed by atoms with E-state index in [0.29, 0.717) is 31.2 Å². The Hall–Kier alpha value is -1.66. The highest BCUT2D eigenvalue weighted by Gasteiger charge is 2.36. The van der Waals surface area contributed by atoms with Crippen LogP contribution < -0.4 is 0 Å². The first kappa shape index (κ1) is 13.3. The monoisotopic (exact) mass is 277 g/mol. The zero-order valence-electron chi connectivity index (χ0n) is 12.0. The van der Waals surface area contributed by atoms with Gasteiger partial charge in [-0.1, -0.05) is 5.16 Å². The molecule has 2 atom stereocenters. The van der Waals surface area contributed by atoms with Gasteiger partial charge in [0.15, 0.2) is 5.82 Å². The Morgan fingerprint density at radius 2 is 2.20 bits per heavy atom. The van der Waals surface area contributed by atoms with Crippen LogP contribution in [0.3, 0.4) is 0 Å². The second-order valence-corrected chi connectivity index (χ2v) is 5.45. The smallest absolute Gasteiger partial charge is 0.244 e. The highest BCUT2D eigenvalue weighted by Crippen LogP contribution is 2.33. The Labute approximate surface area is 117 Å². The molecule has 0 spiro atoms. The number of likely N-dealkylation sites (tertiary alicyclic amines) is 1. The van der Waals surface area contributed by atoms with Gasteiger partial charge in [-0.05, 0) is 33.3 Å². The van der Waals surface area contributed by atoms with E-state index in [4.69, 9.17) is 8.94 Å². The van der Waals surface area contributed by atoms with Crippen LogP contribution >= 0.6 is 0 Å². The molecule has 2 aromatic rings. The Balaban J connectivity index is 1.81. The summed E-state index contributed by atoms with van der Waals surface area (Å²) in [5.74, 6) is 3.03. The van der Waals surface area contributed by atoms with Gasteiger partial charge >= 0.3 is 0 Å². The number of aliphatic hydroxyl groups excluding tert-OH is 1. The fourth-order valence-corrected chi connectivity index (χ4v) is 2.82. The lowest BCUT2D eigenvalue weighted by atomic mass is 10.2. The summed E-state index contributed by atoms with van der Waals surface area (Å²) < 4.78 is 10.8. The van der Waals surface area contributed by atoms with Gasteiger partial charge in [0.1, 0.15) is 11.5 Å². The summed E-state index contributed by atoms with van der Waals surface area (Å²) in [7, 11) is 0. The second-order valence-electron chi connectivity index (χ2n) is 5.45. The van der Waals surface area contributed by atoms with Crippen molar-refractivity contribution in [2.45, 2.75) is 45.9 Å². The van der Waals surface area contributed by atoms with Gasteiger partial charge in [-0.2, -0.15) is 4.98 Å². The Morgan fingerprint density at radius 1 is 1.40 bits per heavy atom. The maximum atomic E-state index is 9.94. The molecular weight excluding hydrogens is 258 g/mol. The van der Waals surface area contributed by atoms with E-state index in [9.17, 15) is 5.11 Å². The van der Waals surface area contributed by atoms with E-state index in [2.05, 4.69) is 15.0 Å². The molecule has 1 saturated heterocycles. The molecule has 20 heavy (non-hydrogen) atoms. The highest BCUT2D eigenvalue weighted by molar-refractivity contribution is 5.20. The number of furan rings is 1. The fraction of sp³-hybridized carbons (Fsp3) is 0.571. The van der Waals surface area contributed by atoms with Crippen molar-refractivity contribution in [3.8, 4) is 0 Å². The summed E-state index contributed by atoms with van der Waals surface area (Å²) in [6.07, 6.45) is 0.262. The molecule has 1 aliphatic rings. The van der Waals surface area contributed by atoms with E-state index in [1.165, 1.54) is 0 Å². The fourth-order valence-electron chi connectivity index (χ4n) is 2.82. The maximum absolute atomic E-state index is 9.94. The van der Waals surface area contributed by atoms with Crippen molar-refractivity contribution >= 4 is 0 Å². The van der Waals surface area contributed by atoms with Crippen LogP contribution in [0.15, 0.2) is 15.0 Å². The van der Waals surface area contributed by atoms with Gasteiger partial charge in [-0.25, -0.2) is 0 Å². The number of rotatable bonds is 3. The Bertz CT molecular complexity index is 605. The summed E-state index contributed by atoms with van der Waals surface area (Å²) in [6, 6.07) is 2.01. The average Bonchev–Trinajstić information content (AvgIpc) is 3.01. The number of aromatic nitrogens is 2. The molecule has 1 N–H and O–H groups in total. The van der Waals surface area contributed by atoms with E-state index in [0.717, 1.165) is 17.1 Å². The molecule has 0 unspecified atom stereocenters. The normalized spacial score (nSPS) is 23.6. The largest absolute Gasteiger partial charge is 0.466 e. The first-order valence-electron chi connectivity index (χ1n) is 6.81. The molecule has 0 aliphatic carbocycles. The zero-order chi connectivity index (χ0) is 14.3. The molecule has 1 fully saturated rings. The van der Waals surface area contributed by atoms with Crippen molar-refractivity contribution in [2.75, 3.05) is 6.54 Å². The average molecular weight is 277 g/mol. The first-order valence-corrected chi connectivity index (χ1v) is 6.81. The predicted octanol–water partition coefficient (Wildman–Crippen LogP) is 1.90. The minimum atomic E-state index is -0.361. The van der Waals surface area contributed by atoms with Crippen LogP contribution in [0.4, 0.5) is 0 Å². The summed E-state index contributed by atoms with van der Waals surface area (Å²) in [4.78, 5) is 6.45. The third kappa shape index (κ3) is 2.48. The van der Waals surface area contributed by atoms with E-state index in [-0.39, 0.29) is 12.1 Å². The van der Waals surface area contributed by atoms with Crippen molar-refractivity contribution in [1.82, 2.24) is 15.0 Å². The lowest BCUT2D eigenvalue weighted by Crippen LogP contribution is -2.24. The van der Waals surface area contributed by atoms with Gasteiger partial charge < -0.3 is 14.0 Å². The van der Waals surface area contributed by atoms with Gasteiger partial charge in [-0.15, -0.1) is 0 Å². The van der Waals surface area contributed by atoms with Crippen LogP contribution in [-0.4, -0.2) is 32.8 Å². The number of hydrogen-bond donors (Lipinski definition) is 1. The summed E-state index contributed by atoms with van der Waals surface area (Å²) in [5.41, 5.74) is 1.14. The van der Waals surface area contributed by atoms with Crippen LogP contribution in [0.1, 0.15) is 41.3 Å². The topological polar surface area (TPSA) is 75.5 Å². The lowest BCUT2D eigenvalue weighted by molar-refractivity contribution is 0.169. The van der Waals surface area contributed by atoms with Crippen LogP contribution in [0.2, 0.25) is 0 Å². The molecular formula is C14H19N3O3. The second kappa shape index (κ2) is 5.03. The van der Waals surface area contributed by atoms with Crippen molar-refractivity contribution in [1.29, 1.82) is 0 Å². The zero-order valence-corrected chi connectivity index (χ0v) is 12.0. The number of nitrogens with zero attached hydrogens (tertiary/aromatic N) is 3. The molecule has 0 amide bonds. The standard InChI is InChI=1S/C14H19N3O3/c1-8-4-11(9(2)19-8)6-17-7-12(18)5-13(17)14-15-10(3)16-20-14/h4,12-13,18H,5-7H2,1-3H3/t12-,13-/m1/s1. The first-order chi connectivity index (χ1) is 9.52. The van der Waals surface area contributed by atoms with Crippen LogP contribution in [-0.2, 0) is 6.54 Å². The molecule has 2 aromatic heterocycles. The molecule has 0 bridgehead atoms. The Morgan fingerprint density at radius 3 is 2.80 bits per heavy atom. The van der Waals surface area contributed by atoms with Gasteiger partial charge in [0.05, 0.1) is 12.1 Å². The molecule has 1 aliphatic heterocycles. The van der Waals surface area contributed by atoms with Gasteiger partial charge in [0.25, 0.3) is 0 Å². The summed E-state index contributed by atoms with van der Waals surface area (Å²) in [5, 5.41) is 13.8. The lowest BCUT2D eigenvalue weighted by Gasteiger charge is -2.20. The van der Waals surface area contributed by atoms with Gasteiger partial charge in [-0.3, -0.25) is 4.90 Å². The van der Waals surface area contributed by atoms with E-state index in [1.54, 1.807) is 6.92 Å². The number of hydrogen-bond acceptors (Lipinski definition) is 6. The van der Waals surface area contributed by atoms with Gasteiger partial charge in [0, 0.05) is 18.7 Å². The number of aliphatic hydroxyl groups is 1. The summed E-state index contributed by atoms with van der Waals surface area (Å²) in [6.45, 7) is 7.02. The quantitative estimate of drug-likeness (QED) is 0.923. The third-order valence-corrected chi connectivity index (χ3v) is 3.73. The highest BCUT2D eigenvalue weighted by atomic mass is 16.5. The number of aryl methyl sites for hydroxylation is 3. The molecule has 0 aromatic carbocycles. The Kier molecular flexibility index (Phi) is 3.35. The SMILES string of the molecule is Cc1noc([C@H]2C[C@@H](O)CN2Cc2cc(C)oc2C)n1. The summed E-state index contributed by atoms with van der Waals surface area (Å²) >= 11 is 0. The number of β-amino-alcohol motifs (C(OH)–C–C–N with tert-alkyl or cyclic N) is 1. The van der Waals surface area contributed by atoms with Gasteiger partial charge in [0.2, 0.25) is 5.89 Å². The van der Waals surface area contributed by atoms with E-state index in [1.807, 2.05) is 19.9 Å². The van der Waals surface area contributed by atoms with Crippen LogP contribution in [0.25, 0.3) is 0 Å². The molecule has 0 saturated carbocycles. The molecule has 0 radical (unpaired) electrons. The molecule has 6 nitrogen and oxygen atoms in total. The molecule has 3 heterocycles. The molecule has 6 heteroatoms. The maximum Gasteiger partial charge on any atom is 0.244 e.